The Morgan fingerprint density at radius 2 is 1.56 bits per heavy atom. The predicted molar refractivity (Wildman–Crippen MR) is 137 cm³/mol. The van der Waals surface area contributed by atoms with E-state index in [1.807, 2.05) is 71.9 Å². The maximum atomic E-state index is 13.7. The van der Waals surface area contributed by atoms with Crippen molar-refractivity contribution in [2.75, 3.05) is 13.7 Å². The van der Waals surface area contributed by atoms with Gasteiger partial charge >= 0.3 is 5.97 Å². The van der Waals surface area contributed by atoms with Gasteiger partial charge in [-0.05, 0) is 44.1 Å². The lowest BCUT2D eigenvalue weighted by Crippen LogP contribution is -2.57. The van der Waals surface area contributed by atoms with Crippen LogP contribution in [0.25, 0.3) is 0 Å². The Morgan fingerprint density at radius 1 is 1.00 bits per heavy atom. The Balaban J connectivity index is 3.25. The SMILES string of the molecule is CCOC(=O)/C(C)=C/[C@H](C(C)C)N(C)C(=O)[C@@H](NC(=O)C(CC)(CC)c1ccccc1)C(C)C. The first-order valence-electron chi connectivity index (χ1n) is 12.4. The predicted octanol–water partition coefficient (Wildman–Crippen LogP) is 4.88. The largest absolute Gasteiger partial charge is 0.463 e. The minimum atomic E-state index is -0.703. The minimum absolute atomic E-state index is 0.0662. The molecule has 0 radical (unpaired) electrons. The number of carbonyl (C=O) groups excluding carboxylic acids is 3. The zero-order valence-electron chi connectivity index (χ0n) is 22.5. The summed E-state index contributed by atoms with van der Waals surface area (Å²) in [5.41, 5.74) is 0.713. The molecule has 0 saturated heterocycles. The molecule has 0 aromatic heterocycles. The lowest BCUT2D eigenvalue weighted by Gasteiger charge is -2.37. The molecule has 190 valence electrons. The number of ether oxygens (including phenoxy) is 1. The Kier molecular flexibility index (Phi) is 11.5. The molecule has 0 unspecified atom stereocenters. The van der Waals surface area contributed by atoms with Gasteiger partial charge in [-0.2, -0.15) is 0 Å². The van der Waals surface area contributed by atoms with Crippen molar-refractivity contribution in [3.8, 4) is 0 Å². The summed E-state index contributed by atoms with van der Waals surface area (Å²) in [4.78, 5) is 41.1. The molecule has 6 heteroatoms. The van der Waals surface area contributed by atoms with Crippen LogP contribution in [-0.4, -0.2) is 48.4 Å². The van der Waals surface area contributed by atoms with Crippen LogP contribution in [0.3, 0.4) is 0 Å². The van der Waals surface area contributed by atoms with Gasteiger partial charge in [0.05, 0.1) is 18.1 Å². The summed E-state index contributed by atoms with van der Waals surface area (Å²) < 4.78 is 5.10. The molecular weight excluding hydrogens is 428 g/mol. The molecule has 1 aromatic rings. The van der Waals surface area contributed by atoms with Crippen molar-refractivity contribution in [1.29, 1.82) is 0 Å². The van der Waals surface area contributed by atoms with Crippen LogP contribution in [0.4, 0.5) is 0 Å². The van der Waals surface area contributed by atoms with Crippen LogP contribution in [0, 0.1) is 11.8 Å². The van der Waals surface area contributed by atoms with Gasteiger partial charge in [-0.15, -0.1) is 0 Å². The van der Waals surface area contributed by atoms with E-state index < -0.39 is 11.5 Å². The molecule has 34 heavy (non-hydrogen) atoms. The summed E-state index contributed by atoms with van der Waals surface area (Å²) in [6.07, 6.45) is 3.04. The fourth-order valence-electron chi connectivity index (χ4n) is 4.35. The first-order valence-corrected chi connectivity index (χ1v) is 12.4. The monoisotopic (exact) mass is 472 g/mol. The average Bonchev–Trinajstić information content (AvgIpc) is 2.81. The van der Waals surface area contributed by atoms with Crippen molar-refractivity contribution < 1.29 is 19.1 Å². The van der Waals surface area contributed by atoms with Crippen molar-refractivity contribution in [1.82, 2.24) is 10.2 Å². The first-order chi connectivity index (χ1) is 16.0. The van der Waals surface area contributed by atoms with Crippen molar-refractivity contribution >= 4 is 17.8 Å². The van der Waals surface area contributed by atoms with E-state index >= 15 is 0 Å². The molecule has 0 saturated carbocycles. The lowest BCUT2D eigenvalue weighted by molar-refractivity contribution is -0.140. The van der Waals surface area contributed by atoms with Crippen molar-refractivity contribution in [2.24, 2.45) is 11.8 Å². The molecule has 0 aliphatic heterocycles. The van der Waals surface area contributed by atoms with Gasteiger partial charge in [0.15, 0.2) is 0 Å². The fourth-order valence-corrected chi connectivity index (χ4v) is 4.35. The first kappa shape index (κ1) is 29.4. The van der Waals surface area contributed by atoms with E-state index in [2.05, 4.69) is 5.32 Å². The number of hydrogen-bond acceptors (Lipinski definition) is 4. The fraction of sp³-hybridized carbons (Fsp3) is 0.607. The Labute approximate surface area is 206 Å². The molecule has 2 atom stereocenters. The number of likely N-dealkylation sites (N-methyl/N-ethyl adjacent to an activating group) is 1. The van der Waals surface area contributed by atoms with E-state index in [0.29, 0.717) is 25.0 Å². The number of hydrogen-bond donors (Lipinski definition) is 1. The second kappa shape index (κ2) is 13.3. The van der Waals surface area contributed by atoms with E-state index in [9.17, 15) is 14.4 Å². The Morgan fingerprint density at radius 3 is 2.00 bits per heavy atom. The summed E-state index contributed by atoms with van der Waals surface area (Å²) in [6.45, 7) is 15.6. The van der Waals surface area contributed by atoms with Crippen LogP contribution in [0.1, 0.15) is 73.8 Å². The molecule has 1 N–H and O–H groups in total. The molecule has 0 bridgehead atoms. The number of nitrogens with zero attached hydrogens (tertiary/aromatic N) is 1. The van der Waals surface area contributed by atoms with E-state index in [4.69, 9.17) is 4.74 Å². The van der Waals surface area contributed by atoms with Gasteiger partial charge in [-0.1, -0.05) is 78.0 Å². The highest BCUT2D eigenvalue weighted by Crippen LogP contribution is 2.32. The number of benzene rings is 1. The van der Waals surface area contributed by atoms with Gasteiger partial charge in [-0.3, -0.25) is 9.59 Å². The van der Waals surface area contributed by atoms with Gasteiger partial charge in [0.1, 0.15) is 6.04 Å². The smallest absolute Gasteiger partial charge is 0.333 e. The van der Waals surface area contributed by atoms with E-state index in [1.54, 1.807) is 31.9 Å². The van der Waals surface area contributed by atoms with Gasteiger partial charge in [0.25, 0.3) is 0 Å². The molecule has 1 aromatic carbocycles. The van der Waals surface area contributed by atoms with Crippen LogP contribution in [-0.2, 0) is 24.5 Å². The molecule has 1 rings (SSSR count). The molecule has 0 aliphatic rings. The Bertz CT molecular complexity index is 841. The third-order valence-corrected chi connectivity index (χ3v) is 6.68. The molecule has 0 spiro atoms. The standard InChI is InChI=1S/C28H44N2O4/c1-10-28(11-2,22-16-14-13-15-17-22)27(33)29-24(20(6)7)25(31)30(9)23(19(4)5)18-21(8)26(32)34-12-3/h13-20,23-24H,10-12H2,1-9H3,(H,29,33)/b21-18+/t23-,24+/m1/s1. The lowest BCUT2D eigenvalue weighted by atomic mass is 9.74. The molecule has 2 amide bonds. The number of amides is 2. The highest BCUT2D eigenvalue weighted by atomic mass is 16.5. The van der Waals surface area contributed by atoms with Crippen LogP contribution in [0.15, 0.2) is 42.0 Å². The van der Waals surface area contributed by atoms with Crippen molar-refractivity contribution in [3.63, 3.8) is 0 Å². The van der Waals surface area contributed by atoms with E-state index in [0.717, 1.165) is 5.56 Å². The maximum absolute atomic E-state index is 13.7. The van der Waals surface area contributed by atoms with Crippen molar-refractivity contribution in [2.45, 2.75) is 85.7 Å². The number of esters is 1. The number of nitrogens with one attached hydrogen (secondary N) is 1. The van der Waals surface area contributed by atoms with Crippen molar-refractivity contribution in [3.05, 3.63) is 47.5 Å². The summed E-state index contributed by atoms with van der Waals surface area (Å²) >= 11 is 0. The minimum Gasteiger partial charge on any atom is -0.463 e. The number of rotatable bonds is 12. The Hall–Kier alpha value is -2.63. The topological polar surface area (TPSA) is 75.7 Å². The molecule has 0 aliphatic carbocycles. The van der Waals surface area contributed by atoms with E-state index in [1.165, 1.54) is 0 Å². The zero-order chi connectivity index (χ0) is 26.1. The number of carbonyl (C=O) groups is 3. The van der Waals surface area contributed by atoms with Crippen LogP contribution >= 0.6 is 0 Å². The van der Waals surface area contributed by atoms with E-state index in [-0.39, 0.29) is 35.7 Å². The second-order valence-electron chi connectivity index (χ2n) is 9.60. The average molecular weight is 473 g/mol. The summed E-state index contributed by atoms with van der Waals surface area (Å²) in [5, 5.41) is 3.09. The normalized spacial score (nSPS) is 14.0. The van der Waals surface area contributed by atoms with Gasteiger partial charge in [-0.25, -0.2) is 4.79 Å². The maximum Gasteiger partial charge on any atom is 0.333 e. The summed E-state index contributed by atoms with van der Waals surface area (Å²) in [5.74, 6) is -0.741. The molecular formula is C28H44N2O4. The van der Waals surface area contributed by atoms with Gasteiger partial charge in [0, 0.05) is 12.6 Å². The van der Waals surface area contributed by atoms with Crippen LogP contribution < -0.4 is 5.32 Å². The molecule has 0 fully saturated rings. The van der Waals surface area contributed by atoms with Gasteiger partial charge < -0.3 is 15.0 Å². The quantitative estimate of drug-likeness (QED) is 0.348. The second-order valence-corrected chi connectivity index (χ2v) is 9.60. The highest BCUT2D eigenvalue weighted by molar-refractivity contribution is 5.93. The highest BCUT2D eigenvalue weighted by Gasteiger charge is 2.40. The van der Waals surface area contributed by atoms with Gasteiger partial charge in [0.2, 0.25) is 11.8 Å². The zero-order valence-corrected chi connectivity index (χ0v) is 22.5. The van der Waals surface area contributed by atoms with Crippen LogP contribution in [0.5, 0.6) is 0 Å². The summed E-state index contributed by atoms with van der Waals surface area (Å²) in [7, 11) is 1.73. The third-order valence-electron chi connectivity index (χ3n) is 6.68. The molecule has 0 heterocycles. The third kappa shape index (κ3) is 6.94. The molecule has 6 nitrogen and oxygen atoms in total. The summed E-state index contributed by atoms with van der Waals surface area (Å²) in [6, 6.07) is 8.76. The van der Waals surface area contributed by atoms with Crippen LogP contribution in [0.2, 0.25) is 0 Å².